The highest BCUT2D eigenvalue weighted by Crippen LogP contribution is 2.21. The Morgan fingerprint density at radius 3 is 2.89 bits per heavy atom. The van der Waals surface area contributed by atoms with Gasteiger partial charge in [-0.05, 0) is 24.1 Å². The lowest BCUT2D eigenvalue weighted by Crippen LogP contribution is -2.00. The van der Waals surface area contributed by atoms with Crippen molar-refractivity contribution in [3.63, 3.8) is 0 Å². The molecule has 2 aromatic rings. The second kappa shape index (κ2) is 5.67. The summed E-state index contributed by atoms with van der Waals surface area (Å²) in [4.78, 5) is 0. The molecule has 0 amide bonds. The van der Waals surface area contributed by atoms with Crippen LogP contribution in [0.25, 0.3) is 0 Å². The highest BCUT2D eigenvalue weighted by atomic mass is 35.5. The molecule has 0 radical (unpaired) electrons. The van der Waals surface area contributed by atoms with Gasteiger partial charge < -0.3 is 0 Å². The standard InChI is InChI=1S/C12H12Cl2FN3/c1-2-9(13)12-7-18(17-16-12)6-8-3-4-10(14)11(15)5-8/h3-5,7,9H,2,6H2,1H3. The number of hydrogen-bond donors (Lipinski definition) is 0. The Hall–Kier alpha value is -1.13. The molecule has 18 heavy (non-hydrogen) atoms. The third-order valence-electron chi connectivity index (χ3n) is 2.56. The lowest BCUT2D eigenvalue weighted by molar-refractivity contribution is 0.614. The monoisotopic (exact) mass is 287 g/mol. The second-order valence-electron chi connectivity index (χ2n) is 3.97. The first-order valence-electron chi connectivity index (χ1n) is 5.58. The Morgan fingerprint density at radius 2 is 2.22 bits per heavy atom. The van der Waals surface area contributed by atoms with E-state index in [1.807, 2.05) is 6.92 Å². The topological polar surface area (TPSA) is 30.7 Å². The van der Waals surface area contributed by atoms with Crippen LogP contribution < -0.4 is 0 Å². The van der Waals surface area contributed by atoms with E-state index >= 15 is 0 Å². The van der Waals surface area contributed by atoms with Crippen LogP contribution in [0.2, 0.25) is 5.02 Å². The normalized spacial score (nSPS) is 12.7. The highest BCUT2D eigenvalue weighted by Gasteiger charge is 2.10. The quantitative estimate of drug-likeness (QED) is 0.801. The van der Waals surface area contributed by atoms with Crippen LogP contribution in [0.1, 0.15) is 30.0 Å². The van der Waals surface area contributed by atoms with Gasteiger partial charge in [-0.25, -0.2) is 9.07 Å². The van der Waals surface area contributed by atoms with Gasteiger partial charge in [0.2, 0.25) is 0 Å². The average Bonchev–Trinajstić information content (AvgIpc) is 2.81. The lowest BCUT2D eigenvalue weighted by Gasteiger charge is -2.02. The van der Waals surface area contributed by atoms with Gasteiger partial charge in [-0.1, -0.05) is 29.8 Å². The number of alkyl halides is 1. The third-order valence-corrected chi connectivity index (χ3v) is 3.40. The minimum atomic E-state index is -0.432. The molecule has 96 valence electrons. The molecule has 1 aromatic heterocycles. The van der Waals surface area contributed by atoms with Gasteiger partial charge in [0, 0.05) is 0 Å². The largest absolute Gasteiger partial charge is 0.248 e. The summed E-state index contributed by atoms with van der Waals surface area (Å²) in [5.41, 5.74) is 1.50. The number of rotatable bonds is 4. The van der Waals surface area contributed by atoms with Crippen LogP contribution in [0.3, 0.4) is 0 Å². The van der Waals surface area contributed by atoms with E-state index < -0.39 is 5.82 Å². The van der Waals surface area contributed by atoms with E-state index in [-0.39, 0.29) is 10.4 Å². The molecule has 0 aliphatic rings. The van der Waals surface area contributed by atoms with Gasteiger partial charge in [-0.3, -0.25) is 0 Å². The van der Waals surface area contributed by atoms with Gasteiger partial charge in [-0.15, -0.1) is 16.7 Å². The third kappa shape index (κ3) is 3.00. The van der Waals surface area contributed by atoms with Gasteiger partial charge in [0.15, 0.2) is 0 Å². The molecule has 0 aliphatic carbocycles. The summed E-state index contributed by atoms with van der Waals surface area (Å²) in [5, 5.41) is 7.92. The van der Waals surface area contributed by atoms with Crippen molar-refractivity contribution in [3.05, 3.63) is 46.5 Å². The molecule has 0 fully saturated rings. The number of halogens is 3. The SMILES string of the molecule is CCC(Cl)c1cn(Cc2ccc(Cl)c(F)c2)nn1. The van der Waals surface area contributed by atoms with Gasteiger partial charge in [-0.2, -0.15) is 0 Å². The van der Waals surface area contributed by atoms with Gasteiger partial charge in [0.25, 0.3) is 0 Å². The Balaban J connectivity index is 2.13. The maximum atomic E-state index is 13.3. The first kappa shape index (κ1) is 13.3. The minimum absolute atomic E-state index is 0.116. The number of hydrogen-bond acceptors (Lipinski definition) is 2. The van der Waals surface area contributed by atoms with Gasteiger partial charge >= 0.3 is 0 Å². The second-order valence-corrected chi connectivity index (χ2v) is 4.90. The fourth-order valence-corrected chi connectivity index (χ4v) is 1.79. The van der Waals surface area contributed by atoms with E-state index in [1.54, 1.807) is 16.9 Å². The molecule has 1 unspecified atom stereocenters. The summed E-state index contributed by atoms with van der Waals surface area (Å²) in [6.07, 6.45) is 2.56. The molecule has 3 nitrogen and oxygen atoms in total. The zero-order chi connectivity index (χ0) is 13.1. The molecule has 0 aliphatic heterocycles. The molecule has 1 aromatic carbocycles. The Kier molecular flexibility index (Phi) is 4.19. The summed E-state index contributed by atoms with van der Waals surface area (Å²) in [7, 11) is 0. The maximum absolute atomic E-state index is 13.3. The van der Waals surface area contributed by atoms with E-state index in [0.717, 1.165) is 17.7 Å². The van der Waals surface area contributed by atoms with Crippen LogP contribution in [0, 0.1) is 5.82 Å². The first-order valence-corrected chi connectivity index (χ1v) is 6.39. The van der Waals surface area contributed by atoms with Crippen molar-refractivity contribution < 1.29 is 4.39 Å². The Bertz CT molecular complexity index is 542. The molecular formula is C12H12Cl2FN3. The molecule has 1 atom stereocenters. The predicted molar refractivity (Wildman–Crippen MR) is 69.4 cm³/mol. The molecule has 1 heterocycles. The average molecular weight is 288 g/mol. The van der Waals surface area contributed by atoms with Crippen molar-refractivity contribution in [2.24, 2.45) is 0 Å². The van der Waals surface area contributed by atoms with Crippen molar-refractivity contribution in [2.75, 3.05) is 0 Å². The van der Waals surface area contributed by atoms with E-state index in [0.29, 0.717) is 6.54 Å². The number of aromatic nitrogens is 3. The predicted octanol–water partition coefficient (Wildman–Crippen LogP) is 3.81. The zero-order valence-corrected chi connectivity index (χ0v) is 11.3. The summed E-state index contributed by atoms with van der Waals surface area (Å²) in [6, 6.07) is 4.67. The minimum Gasteiger partial charge on any atom is -0.248 e. The van der Waals surface area contributed by atoms with Crippen LogP contribution in [0.4, 0.5) is 4.39 Å². The van der Waals surface area contributed by atoms with Gasteiger partial charge in [0.05, 0.1) is 23.1 Å². The molecular weight excluding hydrogens is 276 g/mol. The maximum Gasteiger partial charge on any atom is 0.142 e. The summed E-state index contributed by atoms with van der Waals surface area (Å²) >= 11 is 11.7. The van der Waals surface area contributed by atoms with Crippen molar-refractivity contribution in [3.8, 4) is 0 Å². The summed E-state index contributed by atoms with van der Waals surface area (Å²) in [5.74, 6) is -0.432. The number of nitrogens with zero attached hydrogens (tertiary/aromatic N) is 3. The molecule has 0 N–H and O–H groups in total. The van der Waals surface area contributed by atoms with E-state index in [4.69, 9.17) is 23.2 Å². The lowest BCUT2D eigenvalue weighted by atomic mass is 10.2. The van der Waals surface area contributed by atoms with Crippen molar-refractivity contribution in [1.82, 2.24) is 15.0 Å². The van der Waals surface area contributed by atoms with Crippen LogP contribution in [-0.2, 0) is 6.54 Å². The first-order chi connectivity index (χ1) is 8.60. The van der Waals surface area contributed by atoms with Crippen molar-refractivity contribution >= 4 is 23.2 Å². The van der Waals surface area contributed by atoms with Gasteiger partial charge in [0.1, 0.15) is 11.5 Å². The van der Waals surface area contributed by atoms with E-state index in [1.165, 1.54) is 12.1 Å². The number of benzene rings is 1. The molecule has 0 saturated carbocycles. The molecule has 0 bridgehead atoms. The smallest absolute Gasteiger partial charge is 0.142 e. The van der Waals surface area contributed by atoms with Crippen LogP contribution in [0.5, 0.6) is 0 Å². The fraction of sp³-hybridized carbons (Fsp3) is 0.333. The van der Waals surface area contributed by atoms with Crippen LogP contribution >= 0.6 is 23.2 Å². The molecule has 0 spiro atoms. The summed E-state index contributed by atoms with van der Waals surface area (Å²) in [6.45, 7) is 2.42. The molecule has 6 heteroatoms. The Labute approximate surface area is 115 Å². The highest BCUT2D eigenvalue weighted by molar-refractivity contribution is 6.30. The fourth-order valence-electron chi connectivity index (χ4n) is 1.57. The van der Waals surface area contributed by atoms with E-state index in [2.05, 4.69) is 10.3 Å². The van der Waals surface area contributed by atoms with Crippen molar-refractivity contribution in [2.45, 2.75) is 25.3 Å². The molecule has 2 rings (SSSR count). The molecule has 0 saturated heterocycles. The Morgan fingerprint density at radius 1 is 1.44 bits per heavy atom. The van der Waals surface area contributed by atoms with Crippen LogP contribution in [-0.4, -0.2) is 15.0 Å². The van der Waals surface area contributed by atoms with Crippen molar-refractivity contribution in [1.29, 1.82) is 0 Å². The zero-order valence-electron chi connectivity index (χ0n) is 9.78. The summed E-state index contributed by atoms with van der Waals surface area (Å²) < 4.78 is 14.9. The van der Waals surface area contributed by atoms with E-state index in [9.17, 15) is 4.39 Å². The van der Waals surface area contributed by atoms with Crippen LogP contribution in [0.15, 0.2) is 24.4 Å².